The zero-order valence-corrected chi connectivity index (χ0v) is 12.1. The van der Waals surface area contributed by atoms with E-state index in [1.165, 1.54) is 11.9 Å². The van der Waals surface area contributed by atoms with Crippen LogP contribution < -0.4 is 11.2 Å². The molecule has 1 aromatic heterocycles. The number of rotatable bonds is 7. The van der Waals surface area contributed by atoms with E-state index < -0.39 is 24.7 Å². The molecule has 0 unspecified atom stereocenters. The lowest BCUT2D eigenvalue weighted by molar-refractivity contribution is 0.229. The lowest BCUT2D eigenvalue weighted by Gasteiger charge is -2.12. The molecule has 1 N–H and O–H groups in total. The first-order valence-corrected chi connectivity index (χ1v) is 7.58. The number of hydrogen-bond acceptors (Lipinski definition) is 5. The summed E-state index contributed by atoms with van der Waals surface area (Å²) in [6.45, 7) is 3.67. The van der Waals surface area contributed by atoms with Crippen LogP contribution in [-0.4, -0.2) is 22.8 Å². The highest BCUT2D eigenvalue weighted by atomic mass is 31.2. The van der Waals surface area contributed by atoms with Gasteiger partial charge < -0.3 is 9.05 Å². The Morgan fingerprint density at radius 1 is 1.35 bits per heavy atom. The summed E-state index contributed by atoms with van der Waals surface area (Å²) >= 11 is 0. The standard InChI is InChI=1S/C11H16FN2O5P/c1-3-18-20(17,19-4-2)7-5-6-14-8-9(12)10(15)13-11(14)16/h5,7-8H,3-4,6H2,1-2H3,(H,13,15,16)/b7-5+. The first kappa shape index (κ1) is 16.6. The molecule has 0 saturated carbocycles. The van der Waals surface area contributed by atoms with Crippen molar-refractivity contribution in [1.82, 2.24) is 9.55 Å². The van der Waals surface area contributed by atoms with Gasteiger partial charge in [0.2, 0.25) is 5.82 Å². The van der Waals surface area contributed by atoms with Gasteiger partial charge >= 0.3 is 13.3 Å². The highest BCUT2D eigenvalue weighted by Gasteiger charge is 2.18. The third-order valence-corrected chi connectivity index (χ3v) is 3.99. The van der Waals surface area contributed by atoms with Crippen molar-refractivity contribution in [1.29, 1.82) is 0 Å². The molecule has 1 heterocycles. The van der Waals surface area contributed by atoms with Crippen molar-refractivity contribution in [2.45, 2.75) is 20.4 Å². The number of allylic oxidation sites excluding steroid dienone is 1. The van der Waals surface area contributed by atoms with E-state index in [9.17, 15) is 18.5 Å². The first-order valence-electron chi connectivity index (χ1n) is 5.97. The summed E-state index contributed by atoms with van der Waals surface area (Å²) in [5.41, 5.74) is -1.84. The molecule has 0 saturated heterocycles. The van der Waals surface area contributed by atoms with E-state index in [1.54, 1.807) is 13.8 Å². The van der Waals surface area contributed by atoms with Crippen molar-refractivity contribution in [2.75, 3.05) is 13.2 Å². The molecule has 9 heteroatoms. The molecule has 112 valence electrons. The van der Waals surface area contributed by atoms with Gasteiger partial charge in [-0.25, -0.2) is 4.79 Å². The van der Waals surface area contributed by atoms with E-state index in [2.05, 4.69) is 0 Å². The molecule has 0 atom stereocenters. The van der Waals surface area contributed by atoms with E-state index in [4.69, 9.17) is 9.05 Å². The summed E-state index contributed by atoms with van der Waals surface area (Å²) in [5.74, 6) is 0.130. The largest absolute Gasteiger partial charge is 0.353 e. The van der Waals surface area contributed by atoms with E-state index in [0.717, 1.165) is 10.8 Å². The van der Waals surface area contributed by atoms with Crippen molar-refractivity contribution in [3.05, 3.63) is 44.7 Å². The minimum Gasteiger partial charge on any atom is -0.306 e. The zero-order chi connectivity index (χ0) is 15.2. The van der Waals surface area contributed by atoms with Gasteiger partial charge in [0.15, 0.2) is 0 Å². The van der Waals surface area contributed by atoms with Crippen LogP contribution in [0.15, 0.2) is 27.7 Å². The maximum Gasteiger partial charge on any atom is 0.353 e. The second-order valence-corrected chi connectivity index (χ2v) is 5.54. The molecule has 0 bridgehead atoms. The Balaban J connectivity index is 2.87. The minimum absolute atomic E-state index is 0.0727. The number of halogens is 1. The fourth-order valence-electron chi connectivity index (χ4n) is 1.39. The van der Waals surface area contributed by atoms with Crippen molar-refractivity contribution < 1.29 is 18.0 Å². The number of aromatic nitrogens is 2. The summed E-state index contributed by atoms with van der Waals surface area (Å²) < 4.78 is 36.0. The van der Waals surface area contributed by atoms with Crippen LogP contribution in [0.4, 0.5) is 4.39 Å². The molecular formula is C11H16FN2O5P. The fourth-order valence-corrected chi connectivity index (χ4v) is 2.71. The molecule has 0 spiro atoms. The topological polar surface area (TPSA) is 90.4 Å². The maximum absolute atomic E-state index is 13.0. The molecule has 1 aromatic rings. The molecule has 20 heavy (non-hydrogen) atoms. The average Bonchev–Trinajstić information content (AvgIpc) is 2.36. The van der Waals surface area contributed by atoms with Crippen molar-refractivity contribution in [2.24, 2.45) is 0 Å². The number of nitrogens with one attached hydrogen (secondary N) is 1. The highest BCUT2D eigenvalue weighted by Crippen LogP contribution is 2.49. The summed E-state index contributed by atoms with van der Waals surface area (Å²) in [7, 11) is -3.35. The predicted octanol–water partition coefficient (Wildman–Crippen LogP) is 1.46. The third-order valence-electron chi connectivity index (χ3n) is 2.18. The Morgan fingerprint density at radius 2 is 1.95 bits per heavy atom. The third kappa shape index (κ3) is 4.56. The van der Waals surface area contributed by atoms with E-state index in [0.29, 0.717) is 0 Å². The van der Waals surface area contributed by atoms with Gasteiger partial charge in [-0.15, -0.1) is 0 Å². The molecule has 0 aliphatic heterocycles. The van der Waals surface area contributed by atoms with Crippen molar-refractivity contribution >= 4 is 7.60 Å². The summed E-state index contributed by atoms with van der Waals surface area (Å²) in [4.78, 5) is 24.0. The van der Waals surface area contributed by atoms with Gasteiger partial charge in [0.05, 0.1) is 19.4 Å². The highest BCUT2D eigenvalue weighted by molar-refractivity contribution is 7.57. The lowest BCUT2D eigenvalue weighted by atomic mass is 10.5. The van der Waals surface area contributed by atoms with Gasteiger partial charge in [-0.1, -0.05) is 6.08 Å². The molecule has 0 amide bonds. The number of H-pyrrole nitrogens is 1. The van der Waals surface area contributed by atoms with Crippen LogP contribution in [0.25, 0.3) is 0 Å². The van der Waals surface area contributed by atoms with Crippen LogP contribution in [0.1, 0.15) is 13.8 Å². The molecule has 0 fully saturated rings. The average molecular weight is 306 g/mol. The number of hydrogen-bond donors (Lipinski definition) is 1. The van der Waals surface area contributed by atoms with Crippen molar-refractivity contribution in [3.63, 3.8) is 0 Å². The van der Waals surface area contributed by atoms with Gasteiger partial charge in [0, 0.05) is 12.4 Å². The Morgan fingerprint density at radius 3 is 2.50 bits per heavy atom. The van der Waals surface area contributed by atoms with Crippen LogP contribution in [-0.2, 0) is 20.2 Å². The lowest BCUT2D eigenvalue weighted by Crippen LogP contribution is -2.31. The van der Waals surface area contributed by atoms with Crippen molar-refractivity contribution in [3.8, 4) is 0 Å². The molecule has 0 aromatic carbocycles. The fraction of sp³-hybridized carbons (Fsp3) is 0.455. The van der Waals surface area contributed by atoms with Crippen LogP contribution >= 0.6 is 7.60 Å². The van der Waals surface area contributed by atoms with Gasteiger partial charge in [0.1, 0.15) is 0 Å². The summed E-state index contributed by atoms with van der Waals surface area (Å²) in [6.07, 6.45) is 2.13. The van der Waals surface area contributed by atoms with E-state index in [1.807, 2.05) is 4.98 Å². The van der Waals surface area contributed by atoms with Gasteiger partial charge in [-0.05, 0) is 13.8 Å². The Kier molecular flexibility index (Phi) is 6.06. The second-order valence-electron chi connectivity index (χ2n) is 3.65. The summed E-state index contributed by atoms with van der Waals surface area (Å²) in [5, 5.41) is 0. The van der Waals surface area contributed by atoms with Gasteiger partial charge in [0.25, 0.3) is 5.56 Å². The Labute approximate surface area is 114 Å². The monoisotopic (exact) mass is 306 g/mol. The molecular weight excluding hydrogens is 290 g/mol. The predicted molar refractivity (Wildman–Crippen MR) is 71.3 cm³/mol. The molecule has 0 aliphatic carbocycles. The van der Waals surface area contributed by atoms with Crippen LogP contribution in [0, 0.1) is 5.82 Å². The minimum atomic E-state index is -3.35. The first-order chi connectivity index (χ1) is 9.41. The second kappa shape index (κ2) is 7.33. The molecule has 0 radical (unpaired) electrons. The maximum atomic E-state index is 13.0. The zero-order valence-electron chi connectivity index (χ0n) is 11.2. The molecule has 0 aliphatic rings. The summed E-state index contributed by atoms with van der Waals surface area (Å²) in [6, 6.07) is 0. The van der Waals surface area contributed by atoms with E-state index >= 15 is 0 Å². The normalized spacial score (nSPS) is 12.2. The van der Waals surface area contributed by atoms with Crippen LogP contribution in [0.5, 0.6) is 0 Å². The Hall–Kier alpha value is -1.50. The number of nitrogens with zero attached hydrogens (tertiary/aromatic N) is 1. The van der Waals surface area contributed by atoms with E-state index in [-0.39, 0.29) is 19.8 Å². The van der Waals surface area contributed by atoms with Crippen LogP contribution in [0.2, 0.25) is 0 Å². The molecule has 1 rings (SSSR count). The number of aromatic amines is 1. The quantitative estimate of drug-likeness (QED) is 0.770. The molecule has 7 nitrogen and oxygen atoms in total. The van der Waals surface area contributed by atoms with Gasteiger partial charge in [-0.2, -0.15) is 4.39 Å². The van der Waals surface area contributed by atoms with Gasteiger partial charge in [-0.3, -0.25) is 18.9 Å². The smallest absolute Gasteiger partial charge is 0.306 e. The van der Waals surface area contributed by atoms with Crippen LogP contribution in [0.3, 0.4) is 0 Å². The Bertz CT molecular complexity index is 626. The SMILES string of the molecule is CCOP(=O)(/C=C/Cn1cc(F)c(=O)[nH]c1=O)OCC.